The molecule has 0 spiro atoms. The van der Waals surface area contributed by atoms with Crippen LogP contribution in [-0.4, -0.2) is 20.1 Å². The van der Waals surface area contributed by atoms with Crippen LogP contribution in [0.1, 0.15) is 28.4 Å². The highest BCUT2D eigenvalue weighted by Gasteiger charge is 2.19. The molecule has 3 aromatic carbocycles. The molecule has 0 unspecified atom stereocenters. The Bertz CT molecular complexity index is 1300. The van der Waals surface area contributed by atoms with E-state index < -0.39 is 27.6 Å². The molecule has 0 fully saturated rings. The van der Waals surface area contributed by atoms with E-state index >= 15 is 0 Å². The lowest BCUT2D eigenvalue weighted by Crippen LogP contribution is -2.16. The molecular formula is C23H23F2N3O4S. The molecule has 3 rings (SSSR count). The van der Waals surface area contributed by atoms with Crippen molar-refractivity contribution in [2.24, 2.45) is 5.73 Å². The summed E-state index contributed by atoms with van der Waals surface area (Å²) in [4.78, 5) is 12.1. The molecule has 174 valence electrons. The number of primary amides is 1. The normalized spacial score (nSPS) is 11.2. The first-order chi connectivity index (χ1) is 15.6. The van der Waals surface area contributed by atoms with E-state index in [2.05, 4.69) is 10.0 Å². The zero-order chi connectivity index (χ0) is 24.2. The summed E-state index contributed by atoms with van der Waals surface area (Å²) < 4.78 is 60.2. The van der Waals surface area contributed by atoms with E-state index in [1.807, 2.05) is 0 Å². The van der Waals surface area contributed by atoms with Gasteiger partial charge in [-0.2, -0.15) is 0 Å². The highest BCUT2D eigenvalue weighted by atomic mass is 32.2. The zero-order valence-corrected chi connectivity index (χ0v) is 18.8. The average molecular weight is 476 g/mol. The average Bonchev–Trinajstić information content (AvgIpc) is 2.73. The van der Waals surface area contributed by atoms with Gasteiger partial charge in [0, 0.05) is 11.8 Å². The van der Waals surface area contributed by atoms with Crippen molar-refractivity contribution in [2.45, 2.75) is 20.5 Å². The van der Waals surface area contributed by atoms with Gasteiger partial charge in [-0.3, -0.25) is 9.52 Å². The molecule has 7 nitrogen and oxygen atoms in total. The maximum Gasteiger partial charge on any atom is 0.254 e. The summed E-state index contributed by atoms with van der Waals surface area (Å²) in [5.74, 6) is -2.43. The molecular weight excluding hydrogens is 452 g/mol. The Kier molecular flexibility index (Phi) is 7.17. The summed E-state index contributed by atoms with van der Waals surface area (Å²) in [6.07, 6.45) is 0. The summed E-state index contributed by atoms with van der Waals surface area (Å²) in [6.45, 7) is 3.13. The Morgan fingerprint density at radius 2 is 1.82 bits per heavy atom. The fraction of sp³-hybridized carbons (Fsp3) is 0.174. The Balaban J connectivity index is 1.89. The summed E-state index contributed by atoms with van der Waals surface area (Å²) in [5.41, 5.74) is 6.93. The number of rotatable bonds is 9. The SMILES string of the molecule is CCS(=O)(=O)Nc1cccc(COc2cc(F)cc(Nc3ccc(C)cc3F)c2C(N)=O)c1. The van der Waals surface area contributed by atoms with Gasteiger partial charge in [0.2, 0.25) is 10.0 Å². The summed E-state index contributed by atoms with van der Waals surface area (Å²) >= 11 is 0. The number of sulfonamides is 1. The quantitative estimate of drug-likeness (QED) is 0.423. The van der Waals surface area contributed by atoms with E-state index in [1.165, 1.54) is 19.1 Å². The Morgan fingerprint density at radius 1 is 1.06 bits per heavy atom. The van der Waals surface area contributed by atoms with Gasteiger partial charge >= 0.3 is 0 Å². The number of aryl methyl sites for hydroxylation is 1. The summed E-state index contributed by atoms with van der Waals surface area (Å²) in [7, 11) is -3.46. The molecule has 0 aliphatic carbocycles. The lowest BCUT2D eigenvalue weighted by Gasteiger charge is -2.16. The van der Waals surface area contributed by atoms with Crippen LogP contribution in [0.4, 0.5) is 25.8 Å². The van der Waals surface area contributed by atoms with E-state index in [0.29, 0.717) is 16.8 Å². The van der Waals surface area contributed by atoms with Crippen LogP contribution in [0.15, 0.2) is 54.6 Å². The Hall–Kier alpha value is -3.66. The van der Waals surface area contributed by atoms with Gasteiger partial charge < -0.3 is 15.8 Å². The van der Waals surface area contributed by atoms with E-state index in [1.54, 1.807) is 37.3 Å². The Morgan fingerprint density at radius 3 is 2.48 bits per heavy atom. The van der Waals surface area contributed by atoms with Crippen molar-refractivity contribution in [3.8, 4) is 5.75 Å². The second kappa shape index (κ2) is 9.86. The Labute approximate surface area is 190 Å². The molecule has 0 saturated carbocycles. The van der Waals surface area contributed by atoms with Crippen molar-refractivity contribution in [1.82, 2.24) is 0 Å². The van der Waals surface area contributed by atoms with Gasteiger partial charge in [-0.15, -0.1) is 0 Å². The molecule has 0 radical (unpaired) electrons. The largest absolute Gasteiger partial charge is 0.488 e. The van der Waals surface area contributed by atoms with Crippen LogP contribution < -0.4 is 20.5 Å². The molecule has 0 heterocycles. The van der Waals surface area contributed by atoms with Crippen molar-refractivity contribution in [3.63, 3.8) is 0 Å². The maximum atomic E-state index is 14.3. The van der Waals surface area contributed by atoms with Crippen molar-refractivity contribution < 1.29 is 26.7 Å². The zero-order valence-electron chi connectivity index (χ0n) is 18.0. The van der Waals surface area contributed by atoms with Gasteiger partial charge in [-0.05, 0) is 55.3 Å². The van der Waals surface area contributed by atoms with Gasteiger partial charge in [-0.1, -0.05) is 18.2 Å². The minimum absolute atomic E-state index is 0.0376. The molecule has 1 amide bonds. The van der Waals surface area contributed by atoms with Crippen LogP contribution >= 0.6 is 0 Å². The first kappa shape index (κ1) is 24.0. The van der Waals surface area contributed by atoms with Gasteiger partial charge in [-0.25, -0.2) is 17.2 Å². The van der Waals surface area contributed by atoms with Gasteiger partial charge in [0.15, 0.2) is 0 Å². The summed E-state index contributed by atoms with van der Waals surface area (Å²) in [6, 6.07) is 12.9. The van der Waals surface area contributed by atoms with Crippen molar-refractivity contribution in [3.05, 3.63) is 82.9 Å². The van der Waals surface area contributed by atoms with E-state index in [9.17, 15) is 22.0 Å². The molecule has 0 aliphatic rings. The molecule has 0 aliphatic heterocycles. The number of ether oxygens (including phenoxy) is 1. The second-order valence-corrected chi connectivity index (χ2v) is 9.30. The number of carbonyl (C=O) groups is 1. The first-order valence-electron chi connectivity index (χ1n) is 9.96. The number of amides is 1. The van der Waals surface area contributed by atoms with E-state index in [0.717, 1.165) is 12.1 Å². The molecule has 33 heavy (non-hydrogen) atoms. The fourth-order valence-corrected chi connectivity index (χ4v) is 3.68. The number of carbonyl (C=O) groups excluding carboxylic acids is 1. The number of nitrogens with one attached hydrogen (secondary N) is 2. The minimum atomic E-state index is -3.46. The number of benzene rings is 3. The van der Waals surface area contributed by atoms with Crippen LogP contribution in [0, 0.1) is 18.6 Å². The number of anilines is 3. The molecule has 0 saturated heterocycles. The van der Waals surface area contributed by atoms with Gasteiger partial charge in [0.1, 0.15) is 29.6 Å². The lowest BCUT2D eigenvalue weighted by atomic mass is 10.1. The molecule has 0 atom stereocenters. The van der Waals surface area contributed by atoms with Crippen molar-refractivity contribution >= 4 is 33.0 Å². The van der Waals surface area contributed by atoms with Crippen LogP contribution in [-0.2, 0) is 16.6 Å². The third kappa shape index (κ3) is 6.19. The highest BCUT2D eigenvalue weighted by molar-refractivity contribution is 7.92. The second-order valence-electron chi connectivity index (χ2n) is 7.29. The van der Waals surface area contributed by atoms with Crippen LogP contribution in [0.3, 0.4) is 0 Å². The third-order valence-electron chi connectivity index (χ3n) is 4.68. The highest BCUT2D eigenvalue weighted by Crippen LogP contribution is 2.32. The number of halogens is 2. The van der Waals surface area contributed by atoms with Gasteiger partial charge in [0.25, 0.3) is 5.91 Å². The molecule has 4 N–H and O–H groups in total. The third-order valence-corrected chi connectivity index (χ3v) is 5.99. The van der Waals surface area contributed by atoms with Crippen molar-refractivity contribution in [1.29, 1.82) is 0 Å². The standard InChI is InChI=1S/C23H23F2N3O4S/c1-3-33(30,31)28-17-6-4-5-15(10-17)13-32-21-12-16(24)11-20(22(21)23(26)29)27-19-8-7-14(2)9-18(19)25/h4-12,27-28H,3,13H2,1-2H3,(H2,26,29). The molecule has 10 heteroatoms. The maximum absolute atomic E-state index is 14.3. The minimum Gasteiger partial charge on any atom is -0.488 e. The lowest BCUT2D eigenvalue weighted by molar-refractivity contribution is 0.0996. The number of hydrogen-bond acceptors (Lipinski definition) is 5. The first-order valence-corrected chi connectivity index (χ1v) is 11.6. The van der Waals surface area contributed by atoms with Crippen LogP contribution in [0.2, 0.25) is 0 Å². The predicted molar refractivity (Wildman–Crippen MR) is 123 cm³/mol. The molecule has 0 bridgehead atoms. The molecule has 3 aromatic rings. The van der Waals surface area contributed by atoms with Crippen LogP contribution in [0.25, 0.3) is 0 Å². The fourth-order valence-electron chi connectivity index (χ4n) is 3.05. The number of hydrogen-bond donors (Lipinski definition) is 3. The monoisotopic (exact) mass is 475 g/mol. The van der Waals surface area contributed by atoms with E-state index in [-0.39, 0.29) is 35.0 Å². The number of nitrogens with two attached hydrogens (primary N) is 1. The molecule has 0 aromatic heterocycles. The topological polar surface area (TPSA) is 111 Å². The van der Waals surface area contributed by atoms with Crippen molar-refractivity contribution in [2.75, 3.05) is 15.8 Å². The van der Waals surface area contributed by atoms with Gasteiger partial charge in [0.05, 0.1) is 17.1 Å². The summed E-state index contributed by atoms with van der Waals surface area (Å²) in [5, 5.41) is 2.70. The van der Waals surface area contributed by atoms with E-state index in [4.69, 9.17) is 10.5 Å². The smallest absolute Gasteiger partial charge is 0.254 e. The van der Waals surface area contributed by atoms with Crippen LogP contribution in [0.5, 0.6) is 5.75 Å². The predicted octanol–water partition coefficient (Wildman–Crippen LogP) is 4.46.